The number of ether oxygens (including phenoxy) is 2. The van der Waals surface area contributed by atoms with Gasteiger partial charge in [-0.25, -0.2) is 0 Å². The summed E-state index contributed by atoms with van der Waals surface area (Å²) >= 11 is 6.20. The summed E-state index contributed by atoms with van der Waals surface area (Å²) in [5, 5.41) is 13.0. The molecule has 0 saturated heterocycles. The Labute approximate surface area is 128 Å². The van der Waals surface area contributed by atoms with E-state index in [0.29, 0.717) is 34.3 Å². The topological polar surface area (TPSA) is 54.3 Å². The standard InChI is InChI=1S/C16H15ClN2O2/c1-20-12-7-6-11(9-18)15(8-12)19-10-13-14(17)4-3-5-16(13)21-2/h3-8,19H,10H2,1-2H3. The smallest absolute Gasteiger partial charge is 0.125 e. The normalized spacial score (nSPS) is 9.81. The first kappa shape index (κ1) is 15.0. The van der Waals surface area contributed by atoms with Crippen molar-refractivity contribution >= 4 is 17.3 Å². The van der Waals surface area contributed by atoms with Crippen molar-refractivity contribution in [3.63, 3.8) is 0 Å². The van der Waals surface area contributed by atoms with Gasteiger partial charge in [-0.05, 0) is 24.3 Å². The summed E-state index contributed by atoms with van der Waals surface area (Å²) in [7, 11) is 3.18. The minimum Gasteiger partial charge on any atom is -0.497 e. The van der Waals surface area contributed by atoms with Gasteiger partial charge in [0.05, 0.1) is 25.5 Å². The van der Waals surface area contributed by atoms with E-state index in [1.807, 2.05) is 12.1 Å². The largest absolute Gasteiger partial charge is 0.497 e. The molecular weight excluding hydrogens is 288 g/mol. The molecule has 0 unspecified atom stereocenters. The number of hydrogen-bond acceptors (Lipinski definition) is 4. The average Bonchev–Trinajstić information content (AvgIpc) is 2.53. The highest BCUT2D eigenvalue weighted by molar-refractivity contribution is 6.31. The maximum absolute atomic E-state index is 9.15. The van der Waals surface area contributed by atoms with Gasteiger partial charge in [0.2, 0.25) is 0 Å². The van der Waals surface area contributed by atoms with Gasteiger partial charge in [0, 0.05) is 23.2 Å². The van der Waals surface area contributed by atoms with Crippen LogP contribution in [0.1, 0.15) is 11.1 Å². The zero-order valence-electron chi connectivity index (χ0n) is 11.8. The van der Waals surface area contributed by atoms with Crippen LogP contribution >= 0.6 is 11.6 Å². The predicted octanol–water partition coefficient (Wildman–Crippen LogP) is 3.84. The number of benzene rings is 2. The molecule has 21 heavy (non-hydrogen) atoms. The van der Waals surface area contributed by atoms with Crippen molar-refractivity contribution < 1.29 is 9.47 Å². The molecule has 0 aliphatic carbocycles. The first-order valence-electron chi connectivity index (χ1n) is 6.33. The highest BCUT2D eigenvalue weighted by Crippen LogP contribution is 2.28. The molecule has 0 fully saturated rings. The van der Waals surface area contributed by atoms with E-state index in [9.17, 15) is 0 Å². The van der Waals surface area contributed by atoms with Crippen LogP contribution in [0.15, 0.2) is 36.4 Å². The summed E-state index contributed by atoms with van der Waals surface area (Å²) in [5.41, 5.74) is 2.08. The van der Waals surface area contributed by atoms with Crippen LogP contribution in [-0.2, 0) is 6.54 Å². The van der Waals surface area contributed by atoms with Crippen molar-refractivity contribution in [1.82, 2.24) is 0 Å². The molecule has 2 aromatic rings. The molecule has 0 spiro atoms. The van der Waals surface area contributed by atoms with Crippen LogP contribution in [0.25, 0.3) is 0 Å². The van der Waals surface area contributed by atoms with Crippen LogP contribution in [0.3, 0.4) is 0 Å². The number of methoxy groups -OCH3 is 2. The van der Waals surface area contributed by atoms with E-state index in [2.05, 4.69) is 11.4 Å². The van der Waals surface area contributed by atoms with Crippen LogP contribution in [-0.4, -0.2) is 14.2 Å². The van der Waals surface area contributed by atoms with Gasteiger partial charge in [0.15, 0.2) is 0 Å². The molecule has 1 N–H and O–H groups in total. The summed E-state index contributed by atoms with van der Waals surface area (Å²) in [6, 6.07) is 12.9. The van der Waals surface area contributed by atoms with Crippen LogP contribution in [0.2, 0.25) is 5.02 Å². The van der Waals surface area contributed by atoms with Gasteiger partial charge in [-0.2, -0.15) is 5.26 Å². The summed E-state index contributed by atoms with van der Waals surface area (Å²) in [5.74, 6) is 1.39. The quantitative estimate of drug-likeness (QED) is 0.911. The van der Waals surface area contributed by atoms with Gasteiger partial charge < -0.3 is 14.8 Å². The molecule has 0 bridgehead atoms. The molecular formula is C16H15ClN2O2. The Kier molecular flexibility index (Phi) is 4.91. The Bertz CT molecular complexity index is 680. The van der Waals surface area contributed by atoms with Gasteiger partial charge in [-0.15, -0.1) is 0 Å². The third-order valence-corrected chi connectivity index (χ3v) is 3.45. The van der Waals surface area contributed by atoms with E-state index in [1.165, 1.54) is 0 Å². The highest BCUT2D eigenvalue weighted by atomic mass is 35.5. The molecule has 0 aliphatic heterocycles. The van der Waals surface area contributed by atoms with Crippen molar-refractivity contribution in [3.8, 4) is 17.6 Å². The third-order valence-electron chi connectivity index (χ3n) is 3.10. The zero-order valence-corrected chi connectivity index (χ0v) is 12.6. The zero-order chi connectivity index (χ0) is 15.2. The van der Waals surface area contributed by atoms with Gasteiger partial charge in [0.1, 0.15) is 17.6 Å². The van der Waals surface area contributed by atoms with E-state index >= 15 is 0 Å². The minimum atomic E-state index is 0.449. The molecule has 2 rings (SSSR count). The molecule has 0 atom stereocenters. The Balaban J connectivity index is 2.26. The van der Waals surface area contributed by atoms with Crippen molar-refractivity contribution in [3.05, 3.63) is 52.5 Å². The first-order valence-corrected chi connectivity index (χ1v) is 6.70. The number of halogens is 1. The first-order chi connectivity index (χ1) is 10.2. The molecule has 0 heterocycles. The lowest BCUT2D eigenvalue weighted by atomic mass is 10.1. The Morgan fingerprint density at radius 3 is 2.67 bits per heavy atom. The van der Waals surface area contributed by atoms with E-state index in [-0.39, 0.29) is 0 Å². The molecule has 0 saturated carbocycles. The van der Waals surface area contributed by atoms with E-state index in [0.717, 1.165) is 5.56 Å². The molecule has 0 aromatic heterocycles. The van der Waals surface area contributed by atoms with Crippen molar-refractivity contribution in [2.24, 2.45) is 0 Å². The Morgan fingerprint density at radius 2 is 2.00 bits per heavy atom. The highest BCUT2D eigenvalue weighted by Gasteiger charge is 2.09. The van der Waals surface area contributed by atoms with Crippen LogP contribution in [0.4, 0.5) is 5.69 Å². The number of nitrogens with zero attached hydrogens (tertiary/aromatic N) is 1. The number of rotatable bonds is 5. The van der Waals surface area contributed by atoms with Gasteiger partial charge in [-0.1, -0.05) is 17.7 Å². The second-order valence-electron chi connectivity index (χ2n) is 4.30. The summed E-state index contributed by atoms with van der Waals surface area (Å²) in [6.45, 7) is 0.449. The fraction of sp³-hybridized carbons (Fsp3) is 0.188. The van der Waals surface area contributed by atoms with Gasteiger partial charge >= 0.3 is 0 Å². The number of nitrogens with one attached hydrogen (secondary N) is 1. The predicted molar refractivity (Wildman–Crippen MR) is 83.0 cm³/mol. The number of nitriles is 1. The van der Waals surface area contributed by atoms with Crippen LogP contribution < -0.4 is 14.8 Å². The second kappa shape index (κ2) is 6.87. The van der Waals surface area contributed by atoms with Gasteiger partial charge in [0.25, 0.3) is 0 Å². The maximum atomic E-state index is 9.15. The van der Waals surface area contributed by atoms with Crippen molar-refractivity contribution in [2.45, 2.75) is 6.54 Å². The van der Waals surface area contributed by atoms with E-state index in [1.54, 1.807) is 38.5 Å². The summed E-state index contributed by atoms with van der Waals surface area (Å²) < 4.78 is 10.5. The molecule has 108 valence electrons. The fourth-order valence-corrected chi connectivity index (χ4v) is 2.21. The maximum Gasteiger partial charge on any atom is 0.125 e. The summed E-state index contributed by atoms with van der Waals surface area (Å²) in [6.07, 6.45) is 0. The molecule has 4 nitrogen and oxygen atoms in total. The molecule has 0 amide bonds. The third kappa shape index (κ3) is 3.39. The molecule has 5 heteroatoms. The fourth-order valence-electron chi connectivity index (χ4n) is 1.98. The molecule has 0 aliphatic rings. The Hall–Kier alpha value is -2.38. The second-order valence-corrected chi connectivity index (χ2v) is 4.70. The lowest BCUT2D eigenvalue weighted by Crippen LogP contribution is -2.04. The van der Waals surface area contributed by atoms with Crippen LogP contribution in [0.5, 0.6) is 11.5 Å². The lowest BCUT2D eigenvalue weighted by Gasteiger charge is -2.13. The van der Waals surface area contributed by atoms with E-state index in [4.69, 9.17) is 26.3 Å². The van der Waals surface area contributed by atoms with Gasteiger partial charge in [-0.3, -0.25) is 0 Å². The minimum absolute atomic E-state index is 0.449. The molecule has 0 radical (unpaired) electrons. The van der Waals surface area contributed by atoms with E-state index < -0.39 is 0 Å². The number of anilines is 1. The summed E-state index contributed by atoms with van der Waals surface area (Å²) in [4.78, 5) is 0. The number of hydrogen-bond donors (Lipinski definition) is 1. The Morgan fingerprint density at radius 1 is 1.19 bits per heavy atom. The van der Waals surface area contributed by atoms with Crippen molar-refractivity contribution in [2.75, 3.05) is 19.5 Å². The SMILES string of the molecule is COc1ccc(C#N)c(NCc2c(Cl)cccc2OC)c1. The average molecular weight is 303 g/mol. The van der Waals surface area contributed by atoms with Crippen molar-refractivity contribution in [1.29, 1.82) is 5.26 Å². The lowest BCUT2D eigenvalue weighted by molar-refractivity contribution is 0.410. The molecule has 2 aromatic carbocycles. The van der Waals surface area contributed by atoms with Crippen LogP contribution in [0, 0.1) is 11.3 Å². The monoisotopic (exact) mass is 302 g/mol.